The van der Waals surface area contributed by atoms with Gasteiger partial charge in [-0.2, -0.15) is 0 Å². The topological polar surface area (TPSA) is 67.6 Å². The van der Waals surface area contributed by atoms with Gasteiger partial charge in [0.05, 0.1) is 13.2 Å². The number of nitrogens with one attached hydrogen (secondary N) is 1. The first-order valence-electron chi connectivity index (χ1n) is 6.31. The Kier molecular flexibility index (Phi) is 6.49. The lowest BCUT2D eigenvalue weighted by atomic mass is 10.2. The van der Waals surface area contributed by atoms with Crippen molar-refractivity contribution in [2.45, 2.75) is 13.0 Å². The molecule has 0 heterocycles. The second-order valence-corrected chi connectivity index (χ2v) is 4.78. The van der Waals surface area contributed by atoms with Crippen molar-refractivity contribution < 1.29 is 9.53 Å². The Labute approximate surface area is 114 Å². The SMILES string of the molecule is COCC(N)CN(C)CC(=O)Nc1ccccc1C. The fourth-order valence-corrected chi connectivity index (χ4v) is 1.88. The third kappa shape index (κ3) is 5.83. The summed E-state index contributed by atoms with van der Waals surface area (Å²) in [6.45, 7) is 3.39. The Hall–Kier alpha value is -1.43. The van der Waals surface area contributed by atoms with Gasteiger partial charge in [-0.25, -0.2) is 0 Å². The molecule has 1 aromatic rings. The minimum Gasteiger partial charge on any atom is -0.383 e. The largest absolute Gasteiger partial charge is 0.383 e. The van der Waals surface area contributed by atoms with Crippen LogP contribution in [0.1, 0.15) is 5.56 Å². The molecule has 0 saturated heterocycles. The van der Waals surface area contributed by atoms with E-state index in [-0.39, 0.29) is 11.9 Å². The molecule has 1 aromatic carbocycles. The second-order valence-electron chi connectivity index (χ2n) is 4.78. The molecule has 0 aliphatic carbocycles. The molecule has 0 fully saturated rings. The fourth-order valence-electron chi connectivity index (χ4n) is 1.88. The number of hydrogen-bond acceptors (Lipinski definition) is 4. The van der Waals surface area contributed by atoms with Crippen molar-refractivity contribution >= 4 is 11.6 Å². The number of methoxy groups -OCH3 is 1. The van der Waals surface area contributed by atoms with Crippen LogP contribution in [0.2, 0.25) is 0 Å². The number of carbonyl (C=O) groups is 1. The van der Waals surface area contributed by atoms with Crippen LogP contribution in [0.25, 0.3) is 0 Å². The van der Waals surface area contributed by atoms with Crippen molar-refractivity contribution in [3.8, 4) is 0 Å². The molecule has 106 valence electrons. The summed E-state index contributed by atoms with van der Waals surface area (Å²) < 4.78 is 4.97. The summed E-state index contributed by atoms with van der Waals surface area (Å²) in [6.07, 6.45) is 0. The van der Waals surface area contributed by atoms with Crippen molar-refractivity contribution in [1.29, 1.82) is 0 Å². The third-order valence-electron chi connectivity index (χ3n) is 2.76. The molecule has 0 saturated carbocycles. The van der Waals surface area contributed by atoms with Gasteiger partial charge in [-0.3, -0.25) is 9.69 Å². The smallest absolute Gasteiger partial charge is 0.238 e. The maximum absolute atomic E-state index is 11.9. The molecule has 5 nitrogen and oxygen atoms in total. The number of ether oxygens (including phenoxy) is 1. The lowest BCUT2D eigenvalue weighted by molar-refractivity contribution is -0.117. The van der Waals surface area contributed by atoms with E-state index in [1.807, 2.05) is 43.1 Å². The number of likely N-dealkylation sites (N-methyl/N-ethyl adjacent to an activating group) is 1. The molecule has 0 bridgehead atoms. The molecule has 0 aromatic heterocycles. The first-order valence-corrected chi connectivity index (χ1v) is 6.31. The molecule has 0 aliphatic heterocycles. The van der Waals surface area contributed by atoms with Gasteiger partial charge in [0.25, 0.3) is 0 Å². The normalized spacial score (nSPS) is 12.5. The van der Waals surface area contributed by atoms with E-state index in [2.05, 4.69) is 5.32 Å². The van der Waals surface area contributed by atoms with Crippen LogP contribution in [0.15, 0.2) is 24.3 Å². The molecule has 1 atom stereocenters. The molecule has 1 rings (SSSR count). The minimum absolute atomic E-state index is 0.0404. The van der Waals surface area contributed by atoms with Gasteiger partial charge in [-0.05, 0) is 25.6 Å². The van der Waals surface area contributed by atoms with Crippen molar-refractivity contribution in [2.24, 2.45) is 5.73 Å². The zero-order chi connectivity index (χ0) is 14.3. The van der Waals surface area contributed by atoms with Gasteiger partial charge >= 0.3 is 0 Å². The summed E-state index contributed by atoms with van der Waals surface area (Å²) in [5.74, 6) is -0.0404. The Morgan fingerprint density at radius 3 is 2.79 bits per heavy atom. The summed E-state index contributed by atoms with van der Waals surface area (Å²) >= 11 is 0. The van der Waals surface area contributed by atoms with Gasteiger partial charge in [-0.1, -0.05) is 18.2 Å². The minimum atomic E-state index is -0.0822. The molecule has 19 heavy (non-hydrogen) atoms. The summed E-state index contributed by atoms with van der Waals surface area (Å²) in [5, 5.41) is 2.89. The summed E-state index contributed by atoms with van der Waals surface area (Å²) in [4.78, 5) is 13.8. The number of rotatable bonds is 7. The Morgan fingerprint density at radius 2 is 2.16 bits per heavy atom. The molecule has 1 unspecified atom stereocenters. The predicted octanol–water partition coefficient (Wildman–Crippen LogP) is 0.839. The number of carbonyl (C=O) groups excluding carboxylic acids is 1. The van der Waals surface area contributed by atoms with Crippen LogP contribution in [-0.2, 0) is 9.53 Å². The maximum Gasteiger partial charge on any atom is 0.238 e. The first-order chi connectivity index (χ1) is 9.02. The molecule has 0 radical (unpaired) electrons. The van der Waals surface area contributed by atoms with E-state index in [4.69, 9.17) is 10.5 Å². The number of aryl methyl sites for hydroxylation is 1. The monoisotopic (exact) mass is 265 g/mol. The zero-order valence-electron chi connectivity index (χ0n) is 11.8. The number of benzene rings is 1. The summed E-state index contributed by atoms with van der Waals surface area (Å²) in [5.41, 5.74) is 7.74. The number of para-hydroxylation sites is 1. The van der Waals surface area contributed by atoms with Gasteiger partial charge in [0.1, 0.15) is 0 Å². The van der Waals surface area contributed by atoms with Crippen molar-refractivity contribution in [1.82, 2.24) is 4.90 Å². The number of hydrogen-bond donors (Lipinski definition) is 2. The molecular weight excluding hydrogens is 242 g/mol. The number of nitrogens with two attached hydrogens (primary N) is 1. The average Bonchev–Trinajstić information content (AvgIpc) is 2.31. The van der Waals surface area contributed by atoms with Crippen LogP contribution in [-0.4, -0.2) is 50.7 Å². The van der Waals surface area contributed by atoms with Gasteiger partial charge in [0, 0.05) is 25.4 Å². The standard InChI is InChI=1S/C14H23N3O2/c1-11-6-4-5-7-13(11)16-14(18)9-17(2)8-12(15)10-19-3/h4-7,12H,8-10,15H2,1-3H3,(H,16,18). The van der Waals surface area contributed by atoms with E-state index in [1.54, 1.807) is 7.11 Å². The highest BCUT2D eigenvalue weighted by atomic mass is 16.5. The van der Waals surface area contributed by atoms with Crippen molar-refractivity contribution in [3.05, 3.63) is 29.8 Å². The van der Waals surface area contributed by atoms with Gasteiger partial charge in [-0.15, -0.1) is 0 Å². The van der Waals surface area contributed by atoms with Crippen LogP contribution in [0.5, 0.6) is 0 Å². The van der Waals surface area contributed by atoms with Gasteiger partial charge < -0.3 is 15.8 Å². The molecule has 5 heteroatoms. The first kappa shape index (κ1) is 15.6. The van der Waals surface area contributed by atoms with E-state index < -0.39 is 0 Å². The summed E-state index contributed by atoms with van der Waals surface area (Å²) in [6, 6.07) is 7.63. The summed E-state index contributed by atoms with van der Waals surface area (Å²) in [7, 11) is 3.48. The molecule has 0 spiro atoms. The van der Waals surface area contributed by atoms with E-state index >= 15 is 0 Å². The van der Waals surface area contributed by atoms with Crippen LogP contribution >= 0.6 is 0 Å². The van der Waals surface area contributed by atoms with Crippen LogP contribution in [0, 0.1) is 6.92 Å². The van der Waals surface area contributed by atoms with E-state index in [9.17, 15) is 4.79 Å². The van der Waals surface area contributed by atoms with Gasteiger partial charge in [0.15, 0.2) is 0 Å². The average molecular weight is 265 g/mol. The highest BCUT2D eigenvalue weighted by Gasteiger charge is 2.11. The molecule has 3 N–H and O–H groups in total. The molecular formula is C14H23N3O2. The Bertz CT molecular complexity index is 409. The van der Waals surface area contributed by atoms with E-state index in [1.165, 1.54) is 0 Å². The lowest BCUT2D eigenvalue weighted by Gasteiger charge is -2.20. The number of anilines is 1. The van der Waals surface area contributed by atoms with Crippen molar-refractivity contribution in [2.75, 3.05) is 39.2 Å². The fraction of sp³-hybridized carbons (Fsp3) is 0.500. The third-order valence-corrected chi connectivity index (χ3v) is 2.76. The predicted molar refractivity (Wildman–Crippen MR) is 77.2 cm³/mol. The Balaban J connectivity index is 2.41. The number of amides is 1. The van der Waals surface area contributed by atoms with Gasteiger partial charge in [0.2, 0.25) is 5.91 Å². The van der Waals surface area contributed by atoms with Crippen molar-refractivity contribution in [3.63, 3.8) is 0 Å². The van der Waals surface area contributed by atoms with Crippen LogP contribution in [0.4, 0.5) is 5.69 Å². The van der Waals surface area contributed by atoms with E-state index in [0.717, 1.165) is 11.3 Å². The lowest BCUT2D eigenvalue weighted by Crippen LogP contribution is -2.41. The van der Waals surface area contributed by atoms with Crippen LogP contribution < -0.4 is 11.1 Å². The van der Waals surface area contributed by atoms with E-state index in [0.29, 0.717) is 19.7 Å². The maximum atomic E-state index is 11.9. The second kappa shape index (κ2) is 7.89. The number of nitrogens with zero attached hydrogens (tertiary/aromatic N) is 1. The zero-order valence-corrected chi connectivity index (χ0v) is 11.8. The quantitative estimate of drug-likeness (QED) is 0.766. The van der Waals surface area contributed by atoms with Crippen LogP contribution in [0.3, 0.4) is 0 Å². The Morgan fingerprint density at radius 1 is 1.47 bits per heavy atom. The highest BCUT2D eigenvalue weighted by Crippen LogP contribution is 2.12. The highest BCUT2D eigenvalue weighted by molar-refractivity contribution is 5.92. The molecule has 1 amide bonds. The molecule has 0 aliphatic rings.